The van der Waals surface area contributed by atoms with Gasteiger partial charge < -0.3 is 0 Å². The molecule has 2 aliphatic rings. The lowest BCUT2D eigenvalue weighted by Crippen LogP contribution is -2.42. The lowest BCUT2D eigenvalue weighted by molar-refractivity contribution is 0.283. The summed E-state index contributed by atoms with van der Waals surface area (Å²) in [6.45, 7) is 0. The molecule has 4 aromatic rings. The summed E-state index contributed by atoms with van der Waals surface area (Å²) in [5.41, 5.74) is 6.45. The third kappa shape index (κ3) is 3.70. The van der Waals surface area contributed by atoms with E-state index in [1.807, 2.05) is 41.0 Å². The number of benzene rings is 3. The predicted molar refractivity (Wildman–Crippen MR) is 140 cm³/mol. The molecule has 0 unspecified atom stereocenters. The molecule has 0 aliphatic heterocycles. The van der Waals surface area contributed by atoms with Crippen LogP contribution in [0.25, 0.3) is 16.9 Å². The standard InChI is InChI=1S/C30H28N2OS/c33-28-26-27(25-17-9-8-14-23(25)20-30(26)18-10-3-11-19-30)31-29(32(28)24-15-6-2-7-16-24)34-21-22-12-4-1-5-13-22/h1-2,4-9,12-17H,3,10-11,18-21H2. The van der Waals surface area contributed by atoms with E-state index in [-0.39, 0.29) is 11.0 Å². The van der Waals surface area contributed by atoms with Gasteiger partial charge >= 0.3 is 0 Å². The van der Waals surface area contributed by atoms with Gasteiger partial charge in [0.2, 0.25) is 0 Å². The van der Waals surface area contributed by atoms with Crippen LogP contribution >= 0.6 is 11.8 Å². The molecule has 2 aliphatic carbocycles. The fourth-order valence-electron chi connectivity index (χ4n) is 5.81. The van der Waals surface area contributed by atoms with Crippen molar-refractivity contribution in [2.24, 2.45) is 0 Å². The van der Waals surface area contributed by atoms with Crippen molar-refractivity contribution in [3.05, 3.63) is 112 Å². The third-order valence-corrected chi connectivity index (χ3v) is 8.43. The van der Waals surface area contributed by atoms with Crippen LogP contribution in [-0.2, 0) is 17.6 Å². The highest BCUT2D eigenvalue weighted by Crippen LogP contribution is 2.49. The number of thioether (sulfide) groups is 1. The molecule has 4 heteroatoms. The molecular weight excluding hydrogens is 436 g/mol. The summed E-state index contributed by atoms with van der Waals surface area (Å²) in [5, 5.41) is 0.765. The monoisotopic (exact) mass is 464 g/mol. The van der Waals surface area contributed by atoms with E-state index in [1.54, 1.807) is 11.8 Å². The molecule has 3 aromatic carbocycles. The van der Waals surface area contributed by atoms with Crippen LogP contribution in [-0.4, -0.2) is 9.55 Å². The topological polar surface area (TPSA) is 34.9 Å². The van der Waals surface area contributed by atoms with Crippen LogP contribution in [0.15, 0.2) is 94.9 Å². The van der Waals surface area contributed by atoms with Crippen molar-refractivity contribution in [3.8, 4) is 16.9 Å². The molecule has 0 N–H and O–H groups in total. The molecule has 0 bridgehead atoms. The normalized spacial score (nSPS) is 16.1. The molecule has 0 atom stereocenters. The van der Waals surface area contributed by atoms with Crippen LogP contribution in [0.2, 0.25) is 0 Å². The summed E-state index contributed by atoms with van der Waals surface area (Å²) >= 11 is 1.64. The molecule has 0 amide bonds. The van der Waals surface area contributed by atoms with Crippen molar-refractivity contribution in [1.82, 2.24) is 9.55 Å². The average Bonchev–Trinajstić information content (AvgIpc) is 2.89. The zero-order valence-electron chi connectivity index (χ0n) is 19.2. The van der Waals surface area contributed by atoms with E-state index in [1.165, 1.54) is 30.4 Å². The number of aromatic nitrogens is 2. The summed E-state index contributed by atoms with van der Waals surface area (Å²) in [5.74, 6) is 0.770. The quantitative estimate of drug-likeness (QED) is 0.242. The van der Waals surface area contributed by atoms with Crippen molar-refractivity contribution in [2.75, 3.05) is 0 Å². The highest BCUT2D eigenvalue weighted by atomic mass is 32.2. The van der Waals surface area contributed by atoms with Crippen molar-refractivity contribution in [3.63, 3.8) is 0 Å². The van der Waals surface area contributed by atoms with Gasteiger partial charge in [-0.2, -0.15) is 0 Å². The second-order valence-electron chi connectivity index (χ2n) is 9.54. The minimum absolute atomic E-state index is 0.106. The molecule has 34 heavy (non-hydrogen) atoms. The zero-order chi connectivity index (χ0) is 23.0. The Kier molecular flexibility index (Phi) is 5.62. The number of nitrogens with zero attached hydrogens (tertiary/aromatic N) is 2. The number of rotatable bonds is 4. The Bertz CT molecular complexity index is 1370. The summed E-state index contributed by atoms with van der Waals surface area (Å²) in [6, 6.07) is 29.0. The Morgan fingerprint density at radius 2 is 1.50 bits per heavy atom. The van der Waals surface area contributed by atoms with Crippen LogP contribution in [0, 0.1) is 0 Å². The van der Waals surface area contributed by atoms with Gasteiger partial charge in [-0.3, -0.25) is 9.36 Å². The van der Waals surface area contributed by atoms with Gasteiger partial charge in [0.1, 0.15) is 0 Å². The van der Waals surface area contributed by atoms with Crippen molar-refractivity contribution in [1.29, 1.82) is 0 Å². The maximum absolute atomic E-state index is 14.4. The summed E-state index contributed by atoms with van der Waals surface area (Å²) < 4.78 is 1.87. The first-order valence-electron chi connectivity index (χ1n) is 12.2. The fraction of sp³-hybridized carbons (Fsp3) is 0.267. The second kappa shape index (κ2) is 8.92. The zero-order valence-corrected chi connectivity index (χ0v) is 20.1. The van der Waals surface area contributed by atoms with Gasteiger partial charge in [-0.25, -0.2) is 4.98 Å². The molecular formula is C30H28N2OS. The van der Waals surface area contributed by atoms with Gasteiger partial charge in [-0.05, 0) is 42.5 Å². The minimum atomic E-state index is -0.106. The van der Waals surface area contributed by atoms with Gasteiger partial charge in [0.05, 0.1) is 16.9 Å². The first kappa shape index (κ1) is 21.4. The largest absolute Gasteiger partial charge is 0.268 e. The number of hydrogen-bond donors (Lipinski definition) is 0. The lowest BCUT2D eigenvalue weighted by Gasteiger charge is -2.42. The highest BCUT2D eigenvalue weighted by Gasteiger charge is 2.43. The Hall–Kier alpha value is -3.11. The van der Waals surface area contributed by atoms with Crippen LogP contribution in [0.4, 0.5) is 0 Å². The molecule has 170 valence electrons. The lowest BCUT2D eigenvalue weighted by atomic mass is 9.62. The average molecular weight is 465 g/mol. The molecule has 3 nitrogen and oxygen atoms in total. The van der Waals surface area contributed by atoms with Gasteiger partial charge in [-0.15, -0.1) is 0 Å². The van der Waals surface area contributed by atoms with Gasteiger partial charge in [0, 0.05) is 16.7 Å². The third-order valence-electron chi connectivity index (χ3n) is 7.42. The Morgan fingerprint density at radius 3 is 2.26 bits per heavy atom. The van der Waals surface area contributed by atoms with Crippen LogP contribution in [0.5, 0.6) is 0 Å². The number of para-hydroxylation sites is 1. The molecule has 1 aromatic heterocycles. The first-order chi connectivity index (χ1) is 16.8. The molecule has 0 saturated heterocycles. The summed E-state index contributed by atoms with van der Waals surface area (Å²) in [6.07, 6.45) is 6.68. The molecule has 1 fully saturated rings. The number of fused-ring (bicyclic) bond motifs is 4. The van der Waals surface area contributed by atoms with E-state index >= 15 is 0 Å². The first-order valence-corrected chi connectivity index (χ1v) is 13.2. The predicted octanol–water partition coefficient (Wildman–Crippen LogP) is 6.95. The van der Waals surface area contributed by atoms with Crippen molar-refractivity contribution < 1.29 is 0 Å². The Labute approximate surface area is 204 Å². The van der Waals surface area contributed by atoms with E-state index in [0.717, 1.165) is 52.7 Å². The number of hydrogen-bond acceptors (Lipinski definition) is 3. The Balaban J connectivity index is 1.58. The van der Waals surface area contributed by atoms with Crippen LogP contribution in [0.1, 0.15) is 48.8 Å². The highest BCUT2D eigenvalue weighted by molar-refractivity contribution is 7.98. The van der Waals surface area contributed by atoms with E-state index in [9.17, 15) is 4.79 Å². The molecule has 1 spiro atoms. The molecule has 1 heterocycles. The van der Waals surface area contributed by atoms with Crippen molar-refractivity contribution in [2.45, 2.75) is 54.8 Å². The van der Waals surface area contributed by atoms with Gasteiger partial charge in [-0.1, -0.05) is 104 Å². The molecule has 1 saturated carbocycles. The fourth-order valence-corrected chi connectivity index (χ4v) is 6.77. The van der Waals surface area contributed by atoms with E-state index in [0.29, 0.717) is 0 Å². The van der Waals surface area contributed by atoms with E-state index in [2.05, 4.69) is 48.5 Å². The van der Waals surface area contributed by atoms with E-state index in [4.69, 9.17) is 4.98 Å². The SMILES string of the molecule is O=c1c2c(nc(SCc3ccccc3)n1-c1ccccc1)-c1ccccc1CC21CCCCC1. The van der Waals surface area contributed by atoms with Crippen molar-refractivity contribution >= 4 is 11.8 Å². The minimum Gasteiger partial charge on any atom is -0.268 e. The van der Waals surface area contributed by atoms with Gasteiger partial charge in [0.25, 0.3) is 5.56 Å². The van der Waals surface area contributed by atoms with Crippen LogP contribution < -0.4 is 5.56 Å². The summed E-state index contributed by atoms with van der Waals surface area (Å²) in [4.78, 5) is 19.7. The molecule has 6 rings (SSSR count). The summed E-state index contributed by atoms with van der Waals surface area (Å²) in [7, 11) is 0. The maximum Gasteiger partial charge on any atom is 0.263 e. The smallest absolute Gasteiger partial charge is 0.263 e. The molecule has 0 radical (unpaired) electrons. The Morgan fingerprint density at radius 1 is 0.824 bits per heavy atom. The second-order valence-corrected chi connectivity index (χ2v) is 10.5. The maximum atomic E-state index is 14.4. The van der Waals surface area contributed by atoms with Crippen LogP contribution in [0.3, 0.4) is 0 Å². The van der Waals surface area contributed by atoms with E-state index < -0.39 is 0 Å². The van der Waals surface area contributed by atoms with Gasteiger partial charge in [0.15, 0.2) is 5.16 Å².